The molecule has 0 bridgehead atoms. The number of methoxy groups -OCH3 is 2. The molecule has 0 aliphatic carbocycles. The summed E-state index contributed by atoms with van der Waals surface area (Å²) < 4.78 is 10.5. The van der Waals surface area contributed by atoms with Gasteiger partial charge in [0.2, 0.25) is 0 Å². The molecule has 19 heavy (non-hydrogen) atoms. The van der Waals surface area contributed by atoms with Gasteiger partial charge in [0.05, 0.1) is 14.2 Å². The molecule has 0 aliphatic rings. The number of aryl methyl sites for hydroxylation is 1. The van der Waals surface area contributed by atoms with Gasteiger partial charge in [0.1, 0.15) is 0 Å². The molecule has 1 aromatic rings. The molecule has 0 heterocycles. The molecule has 0 saturated heterocycles. The highest BCUT2D eigenvalue weighted by Gasteiger charge is 2.09. The Morgan fingerprint density at radius 2 is 1.79 bits per heavy atom. The summed E-state index contributed by atoms with van der Waals surface area (Å²) in [6.45, 7) is 6.26. The second-order valence-electron chi connectivity index (χ2n) is 4.62. The lowest BCUT2D eigenvalue weighted by Gasteiger charge is -2.14. The van der Waals surface area contributed by atoms with Gasteiger partial charge in [-0.15, -0.1) is 0 Å². The Kier molecular flexibility index (Phi) is 5.48. The Labute approximate surface area is 114 Å². The van der Waals surface area contributed by atoms with Crippen LogP contribution in [0.1, 0.15) is 25.0 Å². The fourth-order valence-electron chi connectivity index (χ4n) is 1.70. The molecule has 1 aromatic carbocycles. The van der Waals surface area contributed by atoms with Crippen LogP contribution in [0, 0.1) is 6.92 Å². The lowest BCUT2D eigenvalue weighted by atomic mass is 10.1. The minimum atomic E-state index is -0.177. The summed E-state index contributed by atoms with van der Waals surface area (Å²) in [5.74, 6) is 1.35. The highest BCUT2D eigenvalue weighted by Crippen LogP contribution is 2.30. The van der Waals surface area contributed by atoms with Gasteiger partial charge in [-0.3, -0.25) is 0 Å². The molecule has 1 rings (SSSR count). The predicted molar refractivity (Wildman–Crippen MR) is 74.8 cm³/mol. The van der Waals surface area contributed by atoms with Crippen LogP contribution >= 0.6 is 0 Å². The zero-order valence-electron chi connectivity index (χ0n) is 12.2. The van der Waals surface area contributed by atoms with Crippen LogP contribution in [0.25, 0.3) is 0 Å². The molecule has 0 aromatic heterocycles. The third kappa shape index (κ3) is 4.35. The smallest absolute Gasteiger partial charge is 0.315 e. The Bertz CT molecular complexity index is 445. The average molecular weight is 266 g/mol. The fourth-order valence-corrected chi connectivity index (χ4v) is 1.70. The van der Waals surface area contributed by atoms with E-state index in [9.17, 15) is 4.79 Å². The molecule has 0 aliphatic heterocycles. The number of benzene rings is 1. The van der Waals surface area contributed by atoms with E-state index in [2.05, 4.69) is 10.6 Å². The monoisotopic (exact) mass is 266 g/mol. The van der Waals surface area contributed by atoms with E-state index in [0.29, 0.717) is 18.0 Å². The number of urea groups is 1. The van der Waals surface area contributed by atoms with Crippen molar-refractivity contribution in [2.24, 2.45) is 0 Å². The Morgan fingerprint density at radius 3 is 2.32 bits per heavy atom. The number of nitrogens with one attached hydrogen (secondary N) is 2. The van der Waals surface area contributed by atoms with Gasteiger partial charge >= 0.3 is 6.03 Å². The first-order valence-corrected chi connectivity index (χ1v) is 6.23. The predicted octanol–water partition coefficient (Wildman–Crippen LogP) is 2.22. The third-order valence-electron chi connectivity index (χ3n) is 2.70. The highest BCUT2D eigenvalue weighted by molar-refractivity contribution is 5.74. The van der Waals surface area contributed by atoms with Gasteiger partial charge in [-0.25, -0.2) is 4.79 Å². The first-order valence-electron chi connectivity index (χ1n) is 6.23. The van der Waals surface area contributed by atoms with Crippen molar-refractivity contribution >= 4 is 6.03 Å². The second-order valence-corrected chi connectivity index (χ2v) is 4.62. The summed E-state index contributed by atoms with van der Waals surface area (Å²) in [6.07, 6.45) is 0. The lowest BCUT2D eigenvalue weighted by molar-refractivity contribution is 0.238. The number of hydrogen-bond donors (Lipinski definition) is 2. The lowest BCUT2D eigenvalue weighted by Crippen LogP contribution is -2.39. The minimum absolute atomic E-state index is 0.117. The SMILES string of the molecule is COc1cc(C)c(CNC(=O)NC(C)C)cc1OC. The number of rotatable bonds is 5. The van der Waals surface area contributed by atoms with Gasteiger partial charge in [-0.05, 0) is 44.0 Å². The molecule has 0 fully saturated rings. The Morgan fingerprint density at radius 1 is 1.21 bits per heavy atom. The van der Waals surface area contributed by atoms with Crippen molar-refractivity contribution in [2.45, 2.75) is 33.4 Å². The maximum atomic E-state index is 11.5. The van der Waals surface area contributed by atoms with Crippen LogP contribution in [0.3, 0.4) is 0 Å². The molecule has 2 N–H and O–H groups in total. The number of hydrogen-bond acceptors (Lipinski definition) is 3. The molecule has 2 amide bonds. The van der Waals surface area contributed by atoms with Crippen LogP contribution in [0.2, 0.25) is 0 Å². The zero-order chi connectivity index (χ0) is 14.4. The van der Waals surface area contributed by atoms with E-state index in [1.165, 1.54) is 0 Å². The maximum Gasteiger partial charge on any atom is 0.315 e. The average Bonchev–Trinajstić information content (AvgIpc) is 2.36. The van der Waals surface area contributed by atoms with Crippen molar-refractivity contribution in [1.29, 1.82) is 0 Å². The van der Waals surface area contributed by atoms with Gasteiger partial charge in [0, 0.05) is 12.6 Å². The first-order chi connectivity index (χ1) is 8.97. The van der Waals surface area contributed by atoms with E-state index in [0.717, 1.165) is 11.1 Å². The summed E-state index contributed by atoms with van der Waals surface area (Å²) in [5, 5.41) is 5.59. The molecule has 0 radical (unpaired) electrons. The van der Waals surface area contributed by atoms with Gasteiger partial charge in [-0.2, -0.15) is 0 Å². The van der Waals surface area contributed by atoms with Crippen LogP contribution in [0.5, 0.6) is 11.5 Å². The third-order valence-corrected chi connectivity index (χ3v) is 2.70. The number of carbonyl (C=O) groups excluding carboxylic acids is 1. The number of ether oxygens (including phenoxy) is 2. The number of carbonyl (C=O) groups is 1. The van der Waals surface area contributed by atoms with Crippen LogP contribution in [-0.2, 0) is 6.54 Å². The molecule has 106 valence electrons. The van der Waals surface area contributed by atoms with Gasteiger partial charge < -0.3 is 20.1 Å². The Balaban J connectivity index is 2.76. The molecular weight excluding hydrogens is 244 g/mol. The van der Waals surface area contributed by atoms with E-state index in [1.54, 1.807) is 14.2 Å². The topological polar surface area (TPSA) is 59.6 Å². The van der Waals surface area contributed by atoms with Crippen molar-refractivity contribution in [3.8, 4) is 11.5 Å². The quantitative estimate of drug-likeness (QED) is 0.859. The van der Waals surface area contributed by atoms with Crippen molar-refractivity contribution in [3.05, 3.63) is 23.3 Å². The van der Waals surface area contributed by atoms with Crippen molar-refractivity contribution < 1.29 is 14.3 Å². The molecule has 5 heteroatoms. The van der Waals surface area contributed by atoms with Crippen LogP contribution in [0.4, 0.5) is 4.79 Å². The zero-order valence-corrected chi connectivity index (χ0v) is 12.2. The normalized spacial score (nSPS) is 10.2. The van der Waals surface area contributed by atoms with Gasteiger partial charge in [0.15, 0.2) is 11.5 Å². The van der Waals surface area contributed by atoms with Crippen LogP contribution in [0.15, 0.2) is 12.1 Å². The van der Waals surface area contributed by atoms with Crippen molar-refractivity contribution in [1.82, 2.24) is 10.6 Å². The Hall–Kier alpha value is -1.91. The molecule has 5 nitrogen and oxygen atoms in total. The van der Waals surface area contributed by atoms with Crippen LogP contribution < -0.4 is 20.1 Å². The summed E-state index contributed by atoms with van der Waals surface area (Å²) >= 11 is 0. The van der Waals surface area contributed by atoms with Crippen LogP contribution in [-0.4, -0.2) is 26.3 Å². The van der Waals surface area contributed by atoms with Gasteiger partial charge in [-0.1, -0.05) is 0 Å². The maximum absolute atomic E-state index is 11.5. The van der Waals surface area contributed by atoms with E-state index < -0.39 is 0 Å². The first kappa shape index (κ1) is 15.1. The molecule has 0 saturated carbocycles. The molecule has 0 unspecified atom stereocenters. The minimum Gasteiger partial charge on any atom is -0.493 e. The summed E-state index contributed by atoms with van der Waals surface area (Å²) in [6, 6.07) is 3.72. The highest BCUT2D eigenvalue weighted by atomic mass is 16.5. The molecular formula is C14H22N2O3. The van der Waals surface area contributed by atoms with E-state index >= 15 is 0 Å². The summed E-state index contributed by atoms with van der Waals surface area (Å²) in [4.78, 5) is 11.5. The van der Waals surface area contributed by atoms with E-state index in [4.69, 9.17) is 9.47 Å². The summed E-state index contributed by atoms with van der Waals surface area (Å²) in [7, 11) is 3.20. The largest absolute Gasteiger partial charge is 0.493 e. The molecule has 0 spiro atoms. The standard InChI is InChI=1S/C14H22N2O3/c1-9(2)16-14(17)15-8-11-7-13(19-5)12(18-4)6-10(11)3/h6-7,9H,8H2,1-5H3,(H2,15,16,17). The van der Waals surface area contributed by atoms with E-state index in [-0.39, 0.29) is 12.1 Å². The van der Waals surface area contributed by atoms with Crippen molar-refractivity contribution in [2.75, 3.05) is 14.2 Å². The number of amides is 2. The van der Waals surface area contributed by atoms with Crippen molar-refractivity contribution in [3.63, 3.8) is 0 Å². The fraction of sp³-hybridized carbons (Fsp3) is 0.500. The second kappa shape index (κ2) is 6.87. The van der Waals surface area contributed by atoms with Gasteiger partial charge in [0.25, 0.3) is 0 Å². The molecule has 0 atom stereocenters. The van der Waals surface area contributed by atoms with E-state index in [1.807, 2.05) is 32.9 Å². The summed E-state index contributed by atoms with van der Waals surface area (Å²) in [5.41, 5.74) is 2.04.